The summed E-state index contributed by atoms with van der Waals surface area (Å²) >= 11 is 0. The van der Waals surface area contributed by atoms with Crippen molar-refractivity contribution in [3.05, 3.63) is 23.8 Å². The molecule has 1 aromatic rings. The topological polar surface area (TPSA) is 54.0 Å². The third-order valence-electron chi connectivity index (χ3n) is 4.54. The van der Waals surface area contributed by atoms with Gasteiger partial charge in [0, 0.05) is 6.61 Å². The molecule has 5 heteroatoms. The van der Waals surface area contributed by atoms with E-state index in [9.17, 15) is 4.79 Å². The van der Waals surface area contributed by atoms with Crippen molar-refractivity contribution in [2.45, 2.75) is 58.0 Å². The summed E-state index contributed by atoms with van der Waals surface area (Å²) < 4.78 is 21.6. The first kappa shape index (κ1) is 18.1. The summed E-state index contributed by atoms with van der Waals surface area (Å²) in [5, 5.41) is 0. The number of unbranched alkanes of at least 4 members (excludes halogenated alkanes) is 5. The van der Waals surface area contributed by atoms with E-state index in [4.69, 9.17) is 18.9 Å². The predicted octanol–water partition coefficient (Wildman–Crippen LogP) is 4.23. The van der Waals surface area contributed by atoms with Gasteiger partial charge in [0.25, 0.3) is 0 Å². The Hall–Kier alpha value is -1.75. The smallest absolute Gasteiger partial charge is 0.308 e. The van der Waals surface area contributed by atoms with Crippen molar-refractivity contribution in [1.29, 1.82) is 0 Å². The van der Waals surface area contributed by atoms with E-state index < -0.39 is 0 Å². The third-order valence-corrected chi connectivity index (χ3v) is 4.54. The molecule has 0 N–H and O–H groups in total. The van der Waals surface area contributed by atoms with Gasteiger partial charge in [0.15, 0.2) is 11.5 Å². The Balaban J connectivity index is 1.11. The Morgan fingerprint density at radius 2 is 1.68 bits per heavy atom. The van der Waals surface area contributed by atoms with Crippen LogP contribution in [-0.2, 0) is 20.9 Å². The third kappa shape index (κ3) is 6.24. The number of ether oxygens (including phenoxy) is 4. The van der Waals surface area contributed by atoms with Gasteiger partial charge >= 0.3 is 5.97 Å². The van der Waals surface area contributed by atoms with Crippen molar-refractivity contribution in [3.8, 4) is 11.5 Å². The molecule has 25 heavy (non-hydrogen) atoms. The largest absolute Gasteiger partial charge is 0.465 e. The number of carbonyl (C=O) groups is 1. The Bertz CT molecular complexity index is 553. The van der Waals surface area contributed by atoms with Crippen LogP contribution >= 0.6 is 0 Å². The quantitative estimate of drug-likeness (QED) is 0.418. The molecular weight excluding hydrogens is 320 g/mol. The van der Waals surface area contributed by atoms with Crippen LogP contribution in [-0.4, -0.2) is 26.0 Å². The fourth-order valence-corrected chi connectivity index (χ4v) is 2.84. The molecule has 1 heterocycles. The van der Waals surface area contributed by atoms with Gasteiger partial charge in [0.2, 0.25) is 6.79 Å². The van der Waals surface area contributed by atoms with Crippen molar-refractivity contribution in [3.63, 3.8) is 0 Å². The van der Waals surface area contributed by atoms with Gasteiger partial charge in [0.1, 0.15) is 0 Å². The van der Waals surface area contributed by atoms with Crippen molar-refractivity contribution >= 4 is 5.97 Å². The molecular formula is C20H28O5. The van der Waals surface area contributed by atoms with E-state index in [2.05, 4.69) is 0 Å². The van der Waals surface area contributed by atoms with Crippen LogP contribution in [0.25, 0.3) is 0 Å². The van der Waals surface area contributed by atoms with Gasteiger partial charge < -0.3 is 18.9 Å². The van der Waals surface area contributed by atoms with Crippen molar-refractivity contribution in [1.82, 2.24) is 0 Å². The highest BCUT2D eigenvalue weighted by molar-refractivity contribution is 5.74. The first-order valence-electron chi connectivity index (χ1n) is 9.46. The van der Waals surface area contributed by atoms with Crippen LogP contribution in [0.3, 0.4) is 0 Å². The zero-order chi connectivity index (χ0) is 17.3. The van der Waals surface area contributed by atoms with E-state index in [1.54, 1.807) is 0 Å². The summed E-state index contributed by atoms with van der Waals surface area (Å²) in [6, 6.07) is 5.94. The molecule has 3 rings (SSSR count). The number of carbonyl (C=O) groups excluding carboxylic acids is 1. The van der Waals surface area contributed by atoms with Crippen LogP contribution in [0, 0.1) is 5.92 Å². The minimum atomic E-state index is 0.0135. The summed E-state index contributed by atoms with van der Waals surface area (Å²) in [6.45, 7) is 2.30. The Labute approximate surface area is 149 Å². The van der Waals surface area contributed by atoms with Gasteiger partial charge in [-0.1, -0.05) is 31.7 Å². The Kier molecular flexibility index (Phi) is 6.98. The number of hydrogen-bond donors (Lipinski definition) is 0. The average Bonchev–Trinajstić information content (AvgIpc) is 3.37. The molecule has 1 aliphatic carbocycles. The lowest BCUT2D eigenvalue weighted by Gasteiger charge is -2.06. The van der Waals surface area contributed by atoms with E-state index in [-0.39, 0.29) is 11.9 Å². The maximum absolute atomic E-state index is 11.3. The molecule has 0 spiro atoms. The highest BCUT2D eigenvalue weighted by atomic mass is 16.7. The molecule has 2 aliphatic rings. The number of rotatable bonds is 12. The number of benzene rings is 1. The molecule has 0 amide bonds. The molecule has 138 valence electrons. The van der Waals surface area contributed by atoms with Crippen LogP contribution in [0.5, 0.6) is 11.5 Å². The monoisotopic (exact) mass is 348 g/mol. The van der Waals surface area contributed by atoms with Crippen molar-refractivity contribution in [2.75, 3.05) is 20.0 Å². The first-order valence-corrected chi connectivity index (χ1v) is 9.46. The number of fused-ring (bicyclic) bond motifs is 1. The molecule has 5 nitrogen and oxygen atoms in total. The Morgan fingerprint density at radius 1 is 0.960 bits per heavy atom. The second kappa shape index (κ2) is 9.66. The van der Waals surface area contributed by atoms with E-state index in [0.29, 0.717) is 20.0 Å². The number of esters is 1. The van der Waals surface area contributed by atoms with Gasteiger partial charge in [-0.05, 0) is 43.4 Å². The predicted molar refractivity (Wildman–Crippen MR) is 93.6 cm³/mol. The second-order valence-corrected chi connectivity index (χ2v) is 6.80. The van der Waals surface area contributed by atoms with Gasteiger partial charge in [-0.2, -0.15) is 0 Å². The lowest BCUT2D eigenvalue weighted by molar-refractivity contribution is -0.145. The standard InChI is InChI=1S/C20H28O5/c21-20(17-8-9-17)23-12-6-4-2-1-3-5-11-22-14-16-7-10-18-19(13-16)25-15-24-18/h7,10,13,17H,1-6,8-9,11-12,14-15H2. The lowest BCUT2D eigenvalue weighted by Crippen LogP contribution is -2.07. The molecule has 0 unspecified atom stereocenters. The van der Waals surface area contributed by atoms with Gasteiger partial charge in [-0.15, -0.1) is 0 Å². The van der Waals surface area contributed by atoms with Gasteiger partial charge in [-0.25, -0.2) is 0 Å². The molecule has 0 aromatic heterocycles. The molecule has 0 radical (unpaired) electrons. The summed E-state index contributed by atoms with van der Waals surface area (Å²) in [5.74, 6) is 1.85. The summed E-state index contributed by atoms with van der Waals surface area (Å²) in [4.78, 5) is 11.3. The van der Waals surface area contributed by atoms with Crippen molar-refractivity contribution in [2.24, 2.45) is 5.92 Å². The van der Waals surface area contributed by atoms with E-state index in [0.717, 1.165) is 55.8 Å². The lowest BCUT2D eigenvalue weighted by atomic mass is 10.1. The van der Waals surface area contributed by atoms with Crippen LogP contribution < -0.4 is 9.47 Å². The molecule has 0 atom stereocenters. The molecule has 0 bridgehead atoms. The zero-order valence-electron chi connectivity index (χ0n) is 14.8. The van der Waals surface area contributed by atoms with Crippen LogP contribution in [0.15, 0.2) is 18.2 Å². The van der Waals surface area contributed by atoms with Crippen molar-refractivity contribution < 1.29 is 23.7 Å². The normalized spacial score (nSPS) is 15.4. The SMILES string of the molecule is O=C(OCCCCCCCCOCc1ccc2c(c1)OCO2)C1CC1. The molecule has 0 saturated heterocycles. The zero-order valence-corrected chi connectivity index (χ0v) is 14.8. The molecule has 1 aliphatic heterocycles. The Morgan fingerprint density at radius 3 is 2.48 bits per heavy atom. The van der Waals surface area contributed by atoms with Gasteiger partial charge in [-0.3, -0.25) is 4.79 Å². The van der Waals surface area contributed by atoms with Crippen LogP contribution in [0.4, 0.5) is 0 Å². The van der Waals surface area contributed by atoms with E-state index in [1.807, 2.05) is 18.2 Å². The maximum atomic E-state index is 11.3. The molecule has 1 aromatic carbocycles. The van der Waals surface area contributed by atoms with Gasteiger partial charge in [0.05, 0.1) is 19.1 Å². The minimum Gasteiger partial charge on any atom is -0.465 e. The fraction of sp³-hybridized carbons (Fsp3) is 0.650. The average molecular weight is 348 g/mol. The highest BCUT2D eigenvalue weighted by Gasteiger charge is 2.30. The fourth-order valence-electron chi connectivity index (χ4n) is 2.84. The highest BCUT2D eigenvalue weighted by Crippen LogP contribution is 2.32. The molecule has 1 fully saturated rings. The first-order chi connectivity index (χ1) is 12.3. The summed E-state index contributed by atoms with van der Waals surface area (Å²) in [5.41, 5.74) is 1.12. The summed E-state index contributed by atoms with van der Waals surface area (Å²) in [6.07, 6.45) is 8.84. The second-order valence-electron chi connectivity index (χ2n) is 6.80. The number of hydrogen-bond acceptors (Lipinski definition) is 5. The maximum Gasteiger partial charge on any atom is 0.308 e. The van der Waals surface area contributed by atoms with Crippen LogP contribution in [0.1, 0.15) is 56.9 Å². The van der Waals surface area contributed by atoms with Crippen LogP contribution in [0.2, 0.25) is 0 Å². The minimum absolute atomic E-state index is 0.0135. The van der Waals surface area contributed by atoms with E-state index in [1.165, 1.54) is 19.3 Å². The summed E-state index contributed by atoms with van der Waals surface area (Å²) in [7, 11) is 0. The van der Waals surface area contributed by atoms with E-state index >= 15 is 0 Å². The molecule has 1 saturated carbocycles.